The van der Waals surface area contributed by atoms with Gasteiger partial charge in [0.2, 0.25) is 5.91 Å². The third-order valence-corrected chi connectivity index (χ3v) is 5.36. The Hall–Kier alpha value is -3.33. The SMILES string of the molecule is CCCOc1ccc(NC(=O)c2cccc(NC(=O)CSc3nncn3C)c2)c(C)c1. The third-order valence-electron chi connectivity index (χ3n) is 4.33. The van der Waals surface area contributed by atoms with E-state index in [0.29, 0.717) is 28.7 Å². The molecule has 3 rings (SSSR count). The van der Waals surface area contributed by atoms with Gasteiger partial charge in [0.15, 0.2) is 5.16 Å². The van der Waals surface area contributed by atoms with Crippen molar-refractivity contribution in [3.63, 3.8) is 0 Å². The van der Waals surface area contributed by atoms with Gasteiger partial charge in [-0.15, -0.1) is 10.2 Å². The van der Waals surface area contributed by atoms with E-state index in [9.17, 15) is 9.59 Å². The molecule has 0 atom stereocenters. The van der Waals surface area contributed by atoms with Gasteiger partial charge < -0.3 is 19.9 Å². The zero-order valence-corrected chi connectivity index (χ0v) is 18.5. The van der Waals surface area contributed by atoms with Crippen LogP contribution in [-0.2, 0) is 11.8 Å². The number of carbonyl (C=O) groups excluding carboxylic acids is 2. The summed E-state index contributed by atoms with van der Waals surface area (Å²) >= 11 is 1.29. The van der Waals surface area contributed by atoms with Crippen molar-refractivity contribution in [2.75, 3.05) is 23.0 Å². The number of amides is 2. The Labute approximate surface area is 185 Å². The van der Waals surface area contributed by atoms with Crippen molar-refractivity contribution in [1.82, 2.24) is 14.8 Å². The highest BCUT2D eigenvalue weighted by molar-refractivity contribution is 7.99. The molecule has 1 heterocycles. The molecular weight excluding hydrogens is 414 g/mol. The molecule has 0 radical (unpaired) electrons. The van der Waals surface area contributed by atoms with Crippen LogP contribution in [0.15, 0.2) is 53.9 Å². The maximum Gasteiger partial charge on any atom is 0.255 e. The van der Waals surface area contributed by atoms with Crippen molar-refractivity contribution in [3.05, 3.63) is 59.9 Å². The summed E-state index contributed by atoms with van der Waals surface area (Å²) in [5.74, 6) is 0.523. The average Bonchev–Trinajstić information content (AvgIpc) is 3.17. The molecule has 0 saturated heterocycles. The van der Waals surface area contributed by atoms with Gasteiger partial charge in [-0.05, 0) is 55.3 Å². The lowest BCUT2D eigenvalue weighted by molar-refractivity contribution is -0.113. The maximum absolute atomic E-state index is 12.7. The Balaban J connectivity index is 1.59. The van der Waals surface area contributed by atoms with E-state index in [1.54, 1.807) is 35.2 Å². The van der Waals surface area contributed by atoms with Gasteiger partial charge in [0.1, 0.15) is 12.1 Å². The first-order valence-electron chi connectivity index (χ1n) is 9.87. The monoisotopic (exact) mass is 439 g/mol. The number of anilines is 2. The predicted molar refractivity (Wildman–Crippen MR) is 122 cm³/mol. The molecule has 31 heavy (non-hydrogen) atoms. The van der Waals surface area contributed by atoms with Crippen LogP contribution in [-0.4, -0.2) is 38.9 Å². The fourth-order valence-corrected chi connectivity index (χ4v) is 3.44. The van der Waals surface area contributed by atoms with Gasteiger partial charge in [-0.2, -0.15) is 0 Å². The molecule has 2 N–H and O–H groups in total. The number of carbonyl (C=O) groups is 2. The molecule has 8 nitrogen and oxygen atoms in total. The number of nitrogens with one attached hydrogen (secondary N) is 2. The molecule has 0 spiro atoms. The van der Waals surface area contributed by atoms with Crippen molar-refractivity contribution >= 4 is 35.0 Å². The second-order valence-corrected chi connectivity index (χ2v) is 7.86. The molecule has 0 aliphatic carbocycles. The quantitative estimate of drug-likeness (QED) is 0.491. The van der Waals surface area contributed by atoms with Crippen molar-refractivity contribution in [2.45, 2.75) is 25.4 Å². The number of ether oxygens (including phenoxy) is 1. The van der Waals surface area contributed by atoms with Crippen LogP contribution in [0.1, 0.15) is 29.3 Å². The van der Waals surface area contributed by atoms with E-state index in [1.165, 1.54) is 11.8 Å². The van der Waals surface area contributed by atoms with Gasteiger partial charge in [0.25, 0.3) is 5.91 Å². The number of rotatable bonds is 9. The lowest BCUT2D eigenvalue weighted by Crippen LogP contribution is -2.16. The largest absolute Gasteiger partial charge is 0.494 e. The Bertz CT molecular complexity index is 1070. The van der Waals surface area contributed by atoms with E-state index in [-0.39, 0.29) is 17.6 Å². The predicted octanol–water partition coefficient (Wildman–Crippen LogP) is 3.90. The molecule has 0 fully saturated rings. The molecule has 0 aliphatic heterocycles. The standard InChI is InChI=1S/C22H25N5O3S/c1-4-10-30-18-8-9-19(15(2)11-18)25-21(29)16-6-5-7-17(12-16)24-20(28)13-31-22-26-23-14-27(22)3/h5-9,11-12,14H,4,10,13H2,1-3H3,(H,24,28)(H,25,29). The van der Waals surface area contributed by atoms with Crippen LogP contribution in [0, 0.1) is 6.92 Å². The molecule has 1 aromatic heterocycles. The first-order valence-corrected chi connectivity index (χ1v) is 10.9. The highest BCUT2D eigenvalue weighted by atomic mass is 32.2. The summed E-state index contributed by atoms with van der Waals surface area (Å²) in [7, 11) is 1.82. The van der Waals surface area contributed by atoms with Gasteiger partial charge in [-0.1, -0.05) is 24.8 Å². The van der Waals surface area contributed by atoms with E-state index in [1.807, 2.05) is 32.2 Å². The highest BCUT2D eigenvalue weighted by Crippen LogP contribution is 2.23. The van der Waals surface area contributed by atoms with E-state index in [2.05, 4.69) is 27.8 Å². The molecule has 2 amide bonds. The topological polar surface area (TPSA) is 98.1 Å². The zero-order valence-electron chi connectivity index (χ0n) is 17.7. The highest BCUT2D eigenvalue weighted by Gasteiger charge is 2.11. The van der Waals surface area contributed by atoms with Crippen molar-refractivity contribution in [1.29, 1.82) is 0 Å². The average molecular weight is 440 g/mol. The van der Waals surface area contributed by atoms with Gasteiger partial charge in [-0.3, -0.25) is 9.59 Å². The molecule has 0 aliphatic rings. The minimum Gasteiger partial charge on any atom is -0.494 e. The Kier molecular flexibility index (Phi) is 7.66. The van der Waals surface area contributed by atoms with E-state index in [0.717, 1.165) is 17.7 Å². The lowest BCUT2D eigenvalue weighted by atomic mass is 10.1. The van der Waals surface area contributed by atoms with Crippen molar-refractivity contribution in [2.24, 2.45) is 7.05 Å². The van der Waals surface area contributed by atoms with E-state index < -0.39 is 0 Å². The van der Waals surface area contributed by atoms with E-state index >= 15 is 0 Å². The molecule has 3 aromatic rings. The van der Waals surface area contributed by atoms with Gasteiger partial charge >= 0.3 is 0 Å². The second kappa shape index (κ2) is 10.6. The molecule has 162 valence electrons. The van der Waals surface area contributed by atoms with Crippen LogP contribution in [0.2, 0.25) is 0 Å². The third kappa shape index (κ3) is 6.32. The number of benzene rings is 2. The summed E-state index contributed by atoms with van der Waals surface area (Å²) in [6.45, 7) is 4.62. The summed E-state index contributed by atoms with van der Waals surface area (Å²) in [5.41, 5.74) is 2.62. The number of hydrogen-bond donors (Lipinski definition) is 2. The Morgan fingerprint density at radius 1 is 1.16 bits per heavy atom. The first kappa shape index (κ1) is 22.4. The number of nitrogens with zero attached hydrogens (tertiary/aromatic N) is 3. The normalized spacial score (nSPS) is 10.5. The summed E-state index contributed by atoms with van der Waals surface area (Å²) in [4.78, 5) is 24.9. The molecule has 0 unspecified atom stereocenters. The van der Waals surface area contributed by atoms with Gasteiger partial charge in [0.05, 0.1) is 12.4 Å². The van der Waals surface area contributed by atoms with E-state index in [4.69, 9.17) is 4.74 Å². The van der Waals surface area contributed by atoms with Crippen LogP contribution in [0.3, 0.4) is 0 Å². The minimum absolute atomic E-state index is 0.189. The smallest absolute Gasteiger partial charge is 0.255 e. The van der Waals surface area contributed by atoms with Crippen LogP contribution in [0.4, 0.5) is 11.4 Å². The molecular formula is C22H25N5O3S. The van der Waals surface area contributed by atoms with Crippen LogP contribution >= 0.6 is 11.8 Å². The molecule has 0 bridgehead atoms. The summed E-state index contributed by atoms with van der Waals surface area (Å²) in [5, 5.41) is 14.1. The summed E-state index contributed by atoms with van der Waals surface area (Å²) < 4.78 is 7.36. The number of thioether (sulfide) groups is 1. The number of hydrogen-bond acceptors (Lipinski definition) is 6. The van der Waals surface area contributed by atoms with Crippen LogP contribution in [0.5, 0.6) is 5.75 Å². The first-order chi connectivity index (χ1) is 15.0. The maximum atomic E-state index is 12.7. The molecule has 0 saturated carbocycles. The summed E-state index contributed by atoms with van der Waals surface area (Å²) in [6, 6.07) is 12.4. The fourth-order valence-electron chi connectivity index (χ4n) is 2.75. The van der Waals surface area contributed by atoms with Crippen molar-refractivity contribution < 1.29 is 14.3 Å². The lowest BCUT2D eigenvalue weighted by Gasteiger charge is -2.12. The molecule has 9 heteroatoms. The number of aromatic nitrogens is 3. The van der Waals surface area contributed by atoms with Crippen molar-refractivity contribution in [3.8, 4) is 5.75 Å². The minimum atomic E-state index is -0.255. The number of aryl methyl sites for hydroxylation is 2. The summed E-state index contributed by atoms with van der Waals surface area (Å²) in [6.07, 6.45) is 2.51. The fraction of sp³-hybridized carbons (Fsp3) is 0.273. The van der Waals surface area contributed by atoms with Crippen LogP contribution in [0.25, 0.3) is 0 Å². The Morgan fingerprint density at radius 2 is 2.00 bits per heavy atom. The van der Waals surface area contributed by atoms with Gasteiger partial charge in [-0.25, -0.2) is 0 Å². The zero-order chi connectivity index (χ0) is 22.2. The Morgan fingerprint density at radius 3 is 2.71 bits per heavy atom. The van der Waals surface area contributed by atoms with Crippen LogP contribution < -0.4 is 15.4 Å². The van der Waals surface area contributed by atoms with Gasteiger partial charge in [0, 0.05) is 24.0 Å². The molecule has 2 aromatic carbocycles. The second-order valence-electron chi connectivity index (χ2n) is 6.92.